The molecule has 0 atom stereocenters. The van der Waals surface area contributed by atoms with Gasteiger partial charge in [0.05, 0.1) is 11.6 Å². The maximum Gasteiger partial charge on any atom is 0.0991 e. The van der Waals surface area contributed by atoms with E-state index in [0.29, 0.717) is 5.56 Å². The zero-order valence-corrected chi connectivity index (χ0v) is 31.2. The summed E-state index contributed by atoms with van der Waals surface area (Å²) in [6.45, 7) is 0. The fraction of sp³-hybridized carbons (Fsp3) is 0. The summed E-state index contributed by atoms with van der Waals surface area (Å²) in [5, 5.41) is 16.9. The maximum atomic E-state index is 9.67. The normalized spacial score (nSPS) is 11.1. The molecule has 0 N–H and O–H groups in total. The molecule has 0 aliphatic rings. The lowest BCUT2D eigenvalue weighted by Crippen LogP contribution is -2.10. The Morgan fingerprint density at radius 2 is 0.772 bits per heavy atom. The van der Waals surface area contributed by atoms with Crippen molar-refractivity contribution >= 4 is 49.4 Å². The number of nitriles is 1. The van der Waals surface area contributed by atoms with Crippen molar-refractivity contribution in [3.63, 3.8) is 0 Å². The van der Waals surface area contributed by atoms with Crippen molar-refractivity contribution in [1.29, 1.82) is 5.26 Å². The zero-order chi connectivity index (χ0) is 38.1. The molecule has 10 aromatic carbocycles. The highest BCUT2D eigenvalue weighted by Crippen LogP contribution is 2.50. The molecule has 0 saturated heterocycles. The molecule has 2 heteroatoms. The molecule has 2 nitrogen and oxygen atoms in total. The second kappa shape index (κ2) is 14.5. The number of fused-ring (bicyclic) bond motifs is 6. The molecule has 0 amide bonds. The molecule has 0 radical (unpaired) electrons. The van der Waals surface area contributed by atoms with Gasteiger partial charge in [-0.2, -0.15) is 5.26 Å². The number of rotatable bonds is 7. The summed E-state index contributed by atoms with van der Waals surface area (Å²) in [5.41, 5.74) is 13.2. The van der Waals surface area contributed by atoms with Crippen LogP contribution < -0.4 is 4.90 Å². The topological polar surface area (TPSA) is 27.0 Å². The lowest BCUT2D eigenvalue weighted by Gasteiger charge is -2.27. The summed E-state index contributed by atoms with van der Waals surface area (Å²) in [6.07, 6.45) is 0. The predicted molar refractivity (Wildman–Crippen MR) is 240 cm³/mol. The molecule has 0 heterocycles. The van der Waals surface area contributed by atoms with Crippen LogP contribution in [0.3, 0.4) is 0 Å². The highest BCUT2D eigenvalue weighted by molar-refractivity contribution is 6.33. The first kappa shape index (κ1) is 33.8. The number of hydrogen-bond donors (Lipinski definition) is 0. The van der Waals surface area contributed by atoms with Gasteiger partial charge in [-0.1, -0.05) is 164 Å². The average molecular weight is 725 g/mol. The van der Waals surface area contributed by atoms with E-state index in [0.717, 1.165) is 22.6 Å². The molecular formula is C55H36N2. The summed E-state index contributed by atoms with van der Waals surface area (Å²) in [4.78, 5) is 2.29. The minimum Gasteiger partial charge on any atom is -0.310 e. The Morgan fingerprint density at radius 1 is 0.316 bits per heavy atom. The van der Waals surface area contributed by atoms with E-state index in [4.69, 9.17) is 0 Å². The molecule has 0 fully saturated rings. The van der Waals surface area contributed by atoms with Crippen molar-refractivity contribution in [3.05, 3.63) is 224 Å². The first-order valence-electron chi connectivity index (χ1n) is 19.3. The number of benzene rings is 10. The van der Waals surface area contributed by atoms with Crippen molar-refractivity contribution in [2.45, 2.75) is 0 Å². The molecule has 0 unspecified atom stereocenters. The summed E-state index contributed by atoms with van der Waals surface area (Å²) in [5.74, 6) is 0. The standard InChI is InChI=1S/C55H36N2/c56-37-38-25-29-44(30-26-38)57(45-31-27-40(28-32-45)39-15-5-1-6-16-39)46-33-34-49-52(35-46)47-23-13-14-24-48(47)54-51(42-19-9-3-10-20-42)36-50(41-17-7-2-8-18-41)53(55(49)54)43-21-11-4-12-22-43/h1-36H. The predicted octanol–water partition coefficient (Wildman–Crippen LogP) is 15.2. The molecule has 57 heavy (non-hydrogen) atoms. The Balaban J connectivity index is 1.30. The summed E-state index contributed by atoms with van der Waals surface area (Å²) in [6, 6.07) is 80.1. The van der Waals surface area contributed by atoms with Crippen molar-refractivity contribution in [3.8, 4) is 50.6 Å². The first-order chi connectivity index (χ1) is 28.2. The van der Waals surface area contributed by atoms with Gasteiger partial charge in [0.15, 0.2) is 0 Å². The SMILES string of the molecule is N#Cc1ccc(N(c2ccc(-c3ccccc3)cc2)c2ccc3c(c2)c2ccccc2c2c(-c4ccccc4)cc(-c4ccccc4)c(-c4ccccc4)c32)cc1. The van der Waals surface area contributed by atoms with Crippen LogP contribution in [0.15, 0.2) is 218 Å². The second-order valence-electron chi connectivity index (χ2n) is 14.4. The monoisotopic (exact) mass is 724 g/mol. The van der Waals surface area contributed by atoms with E-state index in [1.54, 1.807) is 0 Å². The lowest BCUT2D eigenvalue weighted by molar-refractivity contribution is 1.29. The Bertz CT molecular complexity index is 3080. The fourth-order valence-corrected chi connectivity index (χ4v) is 8.44. The van der Waals surface area contributed by atoms with Crippen molar-refractivity contribution in [2.75, 3.05) is 4.90 Å². The summed E-state index contributed by atoms with van der Waals surface area (Å²) >= 11 is 0. The Labute approximate surface area is 332 Å². The molecule has 0 spiro atoms. The van der Waals surface area contributed by atoms with Gasteiger partial charge >= 0.3 is 0 Å². The van der Waals surface area contributed by atoms with Crippen molar-refractivity contribution in [2.24, 2.45) is 0 Å². The number of nitrogens with zero attached hydrogens (tertiary/aromatic N) is 2. The van der Waals surface area contributed by atoms with Crippen LogP contribution in [-0.2, 0) is 0 Å². The van der Waals surface area contributed by atoms with Crippen molar-refractivity contribution in [1.82, 2.24) is 0 Å². The minimum atomic E-state index is 0.631. The lowest BCUT2D eigenvalue weighted by atomic mass is 9.81. The van der Waals surface area contributed by atoms with Gasteiger partial charge in [0.25, 0.3) is 0 Å². The van der Waals surface area contributed by atoms with Crippen LogP contribution in [0.1, 0.15) is 5.56 Å². The van der Waals surface area contributed by atoms with Crippen LogP contribution >= 0.6 is 0 Å². The second-order valence-corrected chi connectivity index (χ2v) is 14.4. The fourth-order valence-electron chi connectivity index (χ4n) is 8.44. The van der Waals surface area contributed by atoms with Gasteiger partial charge in [-0.15, -0.1) is 0 Å². The van der Waals surface area contributed by atoms with E-state index < -0.39 is 0 Å². The average Bonchev–Trinajstić information content (AvgIpc) is 3.30. The number of hydrogen-bond acceptors (Lipinski definition) is 2. The third kappa shape index (κ3) is 6.09. The largest absolute Gasteiger partial charge is 0.310 e. The molecule has 0 bridgehead atoms. The van der Waals surface area contributed by atoms with Crippen LogP contribution in [0.2, 0.25) is 0 Å². The third-order valence-corrected chi connectivity index (χ3v) is 11.1. The molecular weight excluding hydrogens is 689 g/mol. The van der Waals surface area contributed by atoms with E-state index in [1.165, 1.54) is 71.3 Å². The van der Waals surface area contributed by atoms with Crippen LogP contribution in [-0.4, -0.2) is 0 Å². The molecule has 0 saturated carbocycles. The van der Waals surface area contributed by atoms with Gasteiger partial charge in [-0.3, -0.25) is 0 Å². The summed E-state index contributed by atoms with van der Waals surface area (Å²) in [7, 11) is 0. The Morgan fingerprint density at radius 3 is 1.37 bits per heavy atom. The molecule has 0 aliphatic heterocycles. The molecule has 0 aliphatic carbocycles. The highest BCUT2D eigenvalue weighted by Gasteiger charge is 2.23. The van der Waals surface area contributed by atoms with Gasteiger partial charge in [-0.25, -0.2) is 0 Å². The van der Waals surface area contributed by atoms with Crippen LogP contribution in [0.5, 0.6) is 0 Å². The van der Waals surface area contributed by atoms with Gasteiger partial charge in [0.2, 0.25) is 0 Å². The van der Waals surface area contributed by atoms with Gasteiger partial charge in [0, 0.05) is 17.1 Å². The van der Waals surface area contributed by atoms with E-state index in [1.807, 2.05) is 30.3 Å². The summed E-state index contributed by atoms with van der Waals surface area (Å²) < 4.78 is 0. The molecule has 10 aromatic rings. The van der Waals surface area contributed by atoms with Crippen LogP contribution in [0, 0.1) is 11.3 Å². The van der Waals surface area contributed by atoms with Crippen molar-refractivity contribution < 1.29 is 0 Å². The third-order valence-electron chi connectivity index (χ3n) is 11.1. The Hall–Kier alpha value is -7.73. The van der Waals surface area contributed by atoms with Crippen LogP contribution in [0.25, 0.3) is 76.8 Å². The molecule has 0 aromatic heterocycles. The molecule has 10 rings (SSSR count). The zero-order valence-electron chi connectivity index (χ0n) is 31.2. The maximum absolute atomic E-state index is 9.67. The smallest absolute Gasteiger partial charge is 0.0991 e. The first-order valence-corrected chi connectivity index (χ1v) is 19.3. The van der Waals surface area contributed by atoms with Gasteiger partial charge in [0.1, 0.15) is 0 Å². The quantitative estimate of drug-likeness (QED) is 0.153. The van der Waals surface area contributed by atoms with E-state index in [-0.39, 0.29) is 0 Å². The highest BCUT2D eigenvalue weighted by atomic mass is 15.1. The minimum absolute atomic E-state index is 0.631. The van der Waals surface area contributed by atoms with Gasteiger partial charge in [-0.05, 0) is 131 Å². The van der Waals surface area contributed by atoms with Gasteiger partial charge < -0.3 is 4.90 Å². The Kier molecular flexibility index (Phi) is 8.60. The van der Waals surface area contributed by atoms with Crippen LogP contribution in [0.4, 0.5) is 17.1 Å². The van der Waals surface area contributed by atoms with E-state index in [9.17, 15) is 5.26 Å². The number of anilines is 3. The molecule has 266 valence electrons. The van der Waals surface area contributed by atoms with E-state index in [2.05, 4.69) is 199 Å². The van der Waals surface area contributed by atoms with E-state index >= 15 is 0 Å².